The van der Waals surface area contributed by atoms with Gasteiger partial charge in [-0.3, -0.25) is 4.79 Å². The predicted molar refractivity (Wildman–Crippen MR) is 82.2 cm³/mol. The molecule has 0 spiro atoms. The van der Waals surface area contributed by atoms with Crippen molar-refractivity contribution in [2.45, 2.75) is 6.92 Å². The quantitative estimate of drug-likeness (QED) is 0.687. The molecule has 2 nitrogen and oxygen atoms in total. The van der Waals surface area contributed by atoms with Gasteiger partial charge in [-0.1, -0.05) is 48.5 Å². The summed E-state index contributed by atoms with van der Waals surface area (Å²) in [6.45, 7) is 1.84. The highest BCUT2D eigenvalue weighted by atomic mass is 16.1. The number of nitrogens with zero attached hydrogens (tertiary/aromatic N) is 1. The van der Waals surface area contributed by atoms with E-state index in [0.717, 1.165) is 22.5 Å². The van der Waals surface area contributed by atoms with Crippen molar-refractivity contribution in [2.75, 3.05) is 0 Å². The van der Waals surface area contributed by atoms with Crippen molar-refractivity contribution in [2.24, 2.45) is 0 Å². The molecule has 0 bridgehead atoms. The molecule has 1 heterocycles. The number of hydrogen-bond donors (Lipinski definition) is 0. The fourth-order valence-electron chi connectivity index (χ4n) is 2.27. The van der Waals surface area contributed by atoms with Crippen LogP contribution in [0.4, 0.5) is 0 Å². The van der Waals surface area contributed by atoms with E-state index < -0.39 is 0 Å². The second-order valence-electron chi connectivity index (χ2n) is 4.78. The lowest BCUT2D eigenvalue weighted by Gasteiger charge is -2.14. The average Bonchev–Trinajstić information content (AvgIpc) is 2.51. The molecule has 0 amide bonds. The highest BCUT2D eigenvalue weighted by Crippen LogP contribution is 2.21. The third-order valence-electron chi connectivity index (χ3n) is 3.34. The molecule has 0 radical (unpaired) electrons. The molecule has 0 atom stereocenters. The van der Waals surface area contributed by atoms with Crippen molar-refractivity contribution < 1.29 is 0 Å². The zero-order valence-electron chi connectivity index (χ0n) is 11.3. The topological polar surface area (TPSA) is 22.0 Å². The van der Waals surface area contributed by atoms with Crippen molar-refractivity contribution in [3.8, 4) is 16.9 Å². The SMILES string of the molecule is Cc1cn(-c2ccccc2)c(-c2ccccc2)cc1=O. The van der Waals surface area contributed by atoms with Crippen LogP contribution in [0, 0.1) is 6.92 Å². The first-order valence-electron chi connectivity index (χ1n) is 6.60. The van der Waals surface area contributed by atoms with Gasteiger partial charge in [0, 0.05) is 23.5 Å². The van der Waals surface area contributed by atoms with E-state index in [1.807, 2.05) is 73.8 Å². The normalized spacial score (nSPS) is 10.4. The lowest BCUT2D eigenvalue weighted by molar-refractivity contribution is 1.03. The predicted octanol–water partition coefficient (Wildman–Crippen LogP) is 3.81. The molecule has 1 aromatic heterocycles. The molecule has 2 aromatic carbocycles. The number of aryl methyl sites for hydroxylation is 1. The van der Waals surface area contributed by atoms with Gasteiger partial charge in [-0.2, -0.15) is 0 Å². The second kappa shape index (κ2) is 5.17. The Hall–Kier alpha value is -2.61. The summed E-state index contributed by atoms with van der Waals surface area (Å²) in [5.74, 6) is 0. The molecule has 20 heavy (non-hydrogen) atoms. The van der Waals surface area contributed by atoms with Crippen LogP contribution in [0.2, 0.25) is 0 Å². The minimum Gasteiger partial charge on any atom is -0.316 e. The Balaban J connectivity index is 2.29. The highest BCUT2D eigenvalue weighted by Gasteiger charge is 2.07. The van der Waals surface area contributed by atoms with Crippen LogP contribution in [0.5, 0.6) is 0 Å². The first-order valence-corrected chi connectivity index (χ1v) is 6.60. The molecular formula is C18H15NO. The van der Waals surface area contributed by atoms with Gasteiger partial charge in [0.2, 0.25) is 0 Å². The van der Waals surface area contributed by atoms with Gasteiger partial charge < -0.3 is 4.57 Å². The van der Waals surface area contributed by atoms with Crippen LogP contribution in [0.3, 0.4) is 0 Å². The van der Waals surface area contributed by atoms with Crippen LogP contribution < -0.4 is 5.43 Å². The van der Waals surface area contributed by atoms with E-state index in [2.05, 4.69) is 4.57 Å². The number of benzene rings is 2. The zero-order valence-corrected chi connectivity index (χ0v) is 11.3. The monoisotopic (exact) mass is 261 g/mol. The molecule has 0 N–H and O–H groups in total. The molecule has 0 fully saturated rings. The van der Waals surface area contributed by atoms with Crippen molar-refractivity contribution in [1.29, 1.82) is 0 Å². The molecule has 0 aliphatic rings. The minimum atomic E-state index is 0.0658. The van der Waals surface area contributed by atoms with E-state index in [-0.39, 0.29) is 5.43 Å². The molecule has 2 heteroatoms. The fraction of sp³-hybridized carbons (Fsp3) is 0.0556. The van der Waals surface area contributed by atoms with E-state index in [0.29, 0.717) is 0 Å². The minimum absolute atomic E-state index is 0.0658. The van der Waals surface area contributed by atoms with E-state index in [1.165, 1.54) is 0 Å². The van der Waals surface area contributed by atoms with E-state index in [1.54, 1.807) is 6.07 Å². The van der Waals surface area contributed by atoms with Gasteiger partial charge in [0.15, 0.2) is 5.43 Å². The molecule has 0 saturated carbocycles. The van der Waals surface area contributed by atoms with Crippen LogP contribution in [0.1, 0.15) is 5.56 Å². The first kappa shape index (κ1) is 12.4. The van der Waals surface area contributed by atoms with Crippen LogP contribution in [-0.4, -0.2) is 4.57 Å². The number of aromatic nitrogens is 1. The standard InChI is InChI=1S/C18H15NO/c1-14-13-19(16-10-6-3-7-11-16)17(12-18(14)20)15-8-4-2-5-9-15/h2-13H,1H3. The average molecular weight is 261 g/mol. The third-order valence-corrected chi connectivity index (χ3v) is 3.34. The number of pyridine rings is 1. The van der Waals surface area contributed by atoms with Crippen molar-refractivity contribution in [3.05, 3.63) is 88.7 Å². The maximum absolute atomic E-state index is 12.0. The van der Waals surface area contributed by atoms with Crippen LogP contribution in [0.25, 0.3) is 16.9 Å². The second-order valence-corrected chi connectivity index (χ2v) is 4.78. The Morgan fingerprint density at radius 3 is 2.10 bits per heavy atom. The van der Waals surface area contributed by atoms with Gasteiger partial charge >= 0.3 is 0 Å². The van der Waals surface area contributed by atoms with Crippen molar-refractivity contribution >= 4 is 0 Å². The Bertz CT molecular complexity index is 774. The smallest absolute Gasteiger partial charge is 0.185 e. The largest absolute Gasteiger partial charge is 0.316 e. The van der Waals surface area contributed by atoms with Gasteiger partial charge in [-0.05, 0) is 24.6 Å². The summed E-state index contributed by atoms with van der Waals surface area (Å²) < 4.78 is 2.06. The summed E-state index contributed by atoms with van der Waals surface area (Å²) in [6, 6.07) is 21.7. The maximum atomic E-state index is 12.0. The number of hydrogen-bond acceptors (Lipinski definition) is 1. The van der Waals surface area contributed by atoms with Crippen molar-refractivity contribution in [3.63, 3.8) is 0 Å². The summed E-state index contributed by atoms with van der Waals surface area (Å²) in [4.78, 5) is 12.0. The molecule has 0 aliphatic carbocycles. The number of rotatable bonds is 2. The van der Waals surface area contributed by atoms with Gasteiger partial charge in [0.05, 0.1) is 5.69 Å². The molecule has 0 saturated heterocycles. The summed E-state index contributed by atoms with van der Waals surface area (Å²) in [6.07, 6.45) is 1.90. The summed E-state index contributed by atoms with van der Waals surface area (Å²) >= 11 is 0. The van der Waals surface area contributed by atoms with Crippen LogP contribution in [0.15, 0.2) is 77.7 Å². The zero-order chi connectivity index (χ0) is 13.9. The summed E-state index contributed by atoms with van der Waals surface area (Å²) in [7, 11) is 0. The van der Waals surface area contributed by atoms with Crippen molar-refractivity contribution in [1.82, 2.24) is 4.57 Å². The fourth-order valence-corrected chi connectivity index (χ4v) is 2.27. The third kappa shape index (κ3) is 2.28. The van der Waals surface area contributed by atoms with E-state index >= 15 is 0 Å². The van der Waals surface area contributed by atoms with Gasteiger partial charge in [-0.25, -0.2) is 0 Å². The molecule has 3 aromatic rings. The Labute approximate surface area is 118 Å². The van der Waals surface area contributed by atoms with Gasteiger partial charge in [0.1, 0.15) is 0 Å². The lowest BCUT2D eigenvalue weighted by atomic mass is 10.1. The maximum Gasteiger partial charge on any atom is 0.185 e. The Morgan fingerprint density at radius 1 is 0.850 bits per heavy atom. The van der Waals surface area contributed by atoms with E-state index in [9.17, 15) is 4.79 Å². The Kier molecular flexibility index (Phi) is 3.21. The summed E-state index contributed by atoms with van der Waals surface area (Å²) in [5.41, 5.74) is 3.81. The number of para-hydroxylation sites is 1. The first-order chi connectivity index (χ1) is 9.75. The molecular weight excluding hydrogens is 246 g/mol. The van der Waals surface area contributed by atoms with Crippen LogP contribution >= 0.6 is 0 Å². The van der Waals surface area contributed by atoms with E-state index in [4.69, 9.17) is 0 Å². The molecule has 0 aliphatic heterocycles. The molecule has 3 rings (SSSR count). The van der Waals surface area contributed by atoms with Gasteiger partial charge in [0.25, 0.3) is 0 Å². The lowest BCUT2D eigenvalue weighted by Crippen LogP contribution is -2.11. The Morgan fingerprint density at radius 2 is 1.45 bits per heavy atom. The van der Waals surface area contributed by atoms with Crippen LogP contribution in [-0.2, 0) is 0 Å². The molecule has 98 valence electrons. The molecule has 0 unspecified atom stereocenters. The summed E-state index contributed by atoms with van der Waals surface area (Å²) in [5, 5.41) is 0. The highest BCUT2D eigenvalue weighted by molar-refractivity contribution is 5.62. The van der Waals surface area contributed by atoms with Gasteiger partial charge in [-0.15, -0.1) is 0 Å².